The highest BCUT2D eigenvalue weighted by Crippen LogP contribution is 2.51. The van der Waals surface area contributed by atoms with Crippen molar-refractivity contribution in [2.75, 3.05) is 16.7 Å². The summed E-state index contributed by atoms with van der Waals surface area (Å²) in [7, 11) is 1.42. The number of anilines is 2. The van der Waals surface area contributed by atoms with Gasteiger partial charge in [0.25, 0.3) is 10.0 Å². The lowest BCUT2D eigenvalue weighted by atomic mass is 9.66. The first-order valence-electron chi connectivity index (χ1n) is 14.3. The number of hydrogen-bond donors (Lipinski definition) is 3. The van der Waals surface area contributed by atoms with Gasteiger partial charge in [-0.2, -0.15) is 13.2 Å². The molecule has 3 aromatic carbocycles. The van der Waals surface area contributed by atoms with Crippen LogP contribution >= 0.6 is 9.24 Å². The number of halogens is 4. The second-order valence-corrected chi connectivity index (χ2v) is 14.6. The number of carboxylic acid groups (broad SMARTS) is 1. The first kappa shape index (κ1) is 34.3. The van der Waals surface area contributed by atoms with Gasteiger partial charge < -0.3 is 20.7 Å². The van der Waals surface area contributed by atoms with Crippen LogP contribution in [0.15, 0.2) is 65.6 Å². The Morgan fingerprint density at radius 1 is 1.11 bits per heavy atom. The van der Waals surface area contributed by atoms with Gasteiger partial charge in [0, 0.05) is 26.1 Å². The van der Waals surface area contributed by atoms with E-state index in [0.29, 0.717) is 17.1 Å². The number of carbonyl (C=O) groups excluding carboxylic acids is 1. The van der Waals surface area contributed by atoms with Crippen molar-refractivity contribution in [1.82, 2.24) is 9.55 Å². The van der Waals surface area contributed by atoms with Gasteiger partial charge in [-0.05, 0) is 73.9 Å². The molecule has 0 aliphatic heterocycles. The summed E-state index contributed by atoms with van der Waals surface area (Å²) in [5.74, 6) is -5.10. The maximum atomic E-state index is 14.5. The predicted octanol–water partition coefficient (Wildman–Crippen LogP) is 5.02. The lowest BCUT2D eigenvalue weighted by molar-refractivity contribution is -0.146. The van der Waals surface area contributed by atoms with E-state index in [2.05, 4.69) is 19.5 Å². The summed E-state index contributed by atoms with van der Waals surface area (Å²) < 4.78 is 83.5. The van der Waals surface area contributed by atoms with Gasteiger partial charge in [0.05, 0.1) is 38.8 Å². The number of rotatable bonds is 7. The van der Waals surface area contributed by atoms with E-state index >= 15 is 0 Å². The van der Waals surface area contributed by atoms with Gasteiger partial charge in [0.15, 0.2) is 0 Å². The van der Waals surface area contributed by atoms with E-state index in [-0.39, 0.29) is 29.5 Å². The number of imidazole rings is 1. The molecule has 1 aromatic heterocycles. The molecule has 1 unspecified atom stereocenters. The van der Waals surface area contributed by atoms with Crippen LogP contribution in [0.3, 0.4) is 0 Å². The highest BCUT2D eigenvalue weighted by atomic mass is 32.2. The molecule has 0 spiro atoms. The maximum Gasteiger partial charge on any atom is 0.416 e. The number of nitrogens with two attached hydrogens (primary N) is 1. The Morgan fingerprint density at radius 3 is 2.36 bits per heavy atom. The maximum absolute atomic E-state index is 14.5. The molecule has 4 aromatic rings. The number of hydrogen-bond acceptors (Lipinski definition) is 6. The summed E-state index contributed by atoms with van der Waals surface area (Å²) >= 11 is 0. The van der Waals surface area contributed by atoms with E-state index < -0.39 is 68.2 Å². The largest absolute Gasteiger partial charge is 0.481 e. The highest BCUT2D eigenvalue weighted by Gasteiger charge is 2.55. The Labute approximate surface area is 270 Å². The van der Waals surface area contributed by atoms with Crippen molar-refractivity contribution in [3.05, 3.63) is 83.4 Å². The fourth-order valence-electron chi connectivity index (χ4n) is 6.06. The number of nitrogens with one attached hydrogen (secondary N) is 1. The molecule has 0 bridgehead atoms. The fraction of sp³-hybridized carbons (Fsp3) is 0.323. The third kappa shape index (κ3) is 6.19. The van der Waals surface area contributed by atoms with Crippen LogP contribution in [0.2, 0.25) is 0 Å². The zero-order valence-electron chi connectivity index (χ0n) is 25.4. The van der Waals surface area contributed by atoms with E-state index in [1.165, 1.54) is 31.3 Å². The zero-order chi connectivity index (χ0) is 34.6. The monoisotopic (exact) mass is 693 g/mol. The van der Waals surface area contributed by atoms with E-state index in [1.807, 2.05) is 18.5 Å². The molecule has 1 amide bonds. The molecule has 1 aliphatic rings. The van der Waals surface area contributed by atoms with Gasteiger partial charge >= 0.3 is 12.1 Å². The number of benzene rings is 3. The van der Waals surface area contributed by atoms with Crippen molar-refractivity contribution >= 4 is 53.5 Å². The third-order valence-electron chi connectivity index (χ3n) is 8.86. The predicted molar refractivity (Wildman–Crippen MR) is 171 cm³/mol. The standard InChI is InChI=1S/C31H32F4N5O5PS/c1-16-37-26-15-21(9-11-27(26)39(16)2)47(44,45)40(3)20-7-4-17(5-8-20)22-13-19(36)14-23(30(22,46)29(42)43)28(41)38-25-10-6-18(12-24(25)32)31(33,34)35/h4-12,15,19,22-23H,13-14,36,46H2,1-3H3,(H,38,41)(H,42,43)/t19-,22-,23+,30-/m1/s1. The molecule has 1 aliphatic carbocycles. The number of carboxylic acids is 1. The van der Waals surface area contributed by atoms with Gasteiger partial charge in [-0.25, -0.2) is 17.8 Å². The molecule has 1 fully saturated rings. The topological polar surface area (TPSA) is 148 Å². The molecular formula is C31H32F4N5O5PS. The molecule has 1 saturated carbocycles. The first-order chi connectivity index (χ1) is 21.8. The van der Waals surface area contributed by atoms with E-state index in [9.17, 15) is 40.7 Å². The van der Waals surface area contributed by atoms with Crippen molar-refractivity contribution in [2.45, 2.75) is 48.0 Å². The average molecular weight is 694 g/mol. The zero-order valence-corrected chi connectivity index (χ0v) is 27.4. The molecule has 4 N–H and O–H groups in total. The molecule has 16 heteroatoms. The Hall–Kier alpha value is -4.07. The Balaban J connectivity index is 1.42. The molecule has 47 heavy (non-hydrogen) atoms. The van der Waals surface area contributed by atoms with Gasteiger partial charge in [0.2, 0.25) is 5.91 Å². The van der Waals surface area contributed by atoms with Crippen LogP contribution in [0, 0.1) is 18.7 Å². The van der Waals surface area contributed by atoms with Crippen molar-refractivity contribution in [3.8, 4) is 0 Å². The number of aryl methyl sites for hydroxylation is 2. The third-order valence-corrected chi connectivity index (χ3v) is 11.7. The number of aliphatic carboxylic acids is 1. The Kier molecular flexibility index (Phi) is 8.88. The van der Waals surface area contributed by atoms with Crippen LogP contribution < -0.4 is 15.4 Å². The smallest absolute Gasteiger partial charge is 0.416 e. The van der Waals surface area contributed by atoms with Crippen LogP contribution in [-0.4, -0.2) is 53.2 Å². The van der Waals surface area contributed by atoms with Gasteiger partial charge in [0.1, 0.15) is 16.8 Å². The molecule has 5 atom stereocenters. The molecular weight excluding hydrogens is 661 g/mol. The van der Waals surface area contributed by atoms with Gasteiger partial charge in [-0.1, -0.05) is 12.1 Å². The van der Waals surface area contributed by atoms with Crippen LogP contribution in [-0.2, 0) is 32.8 Å². The number of carbonyl (C=O) groups is 2. The molecule has 10 nitrogen and oxygen atoms in total. The van der Waals surface area contributed by atoms with Crippen LogP contribution in [0.1, 0.15) is 35.7 Å². The minimum atomic E-state index is -4.80. The summed E-state index contributed by atoms with van der Waals surface area (Å²) in [6.07, 6.45) is -4.75. The lowest BCUT2D eigenvalue weighted by Crippen LogP contribution is -2.56. The number of alkyl halides is 3. The minimum absolute atomic E-state index is 0.0288. The molecule has 5 rings (SSSR count). The van der Waals surface area contributed by atoms with Crippen LogP contribution in [0.4, 0.5) is 28.9 Å². The van der Waals surface area contributed by atoms with Gasteiger partial charge in [-0.3, -0.25) is 13.9 Å². The highest BCUT2D eigenvalue weighted by molar-refractivity contribution is 7.92. The number of nitrogens with zero attached hydrogens (tertiary/aromatic N) is 3. The van der Waals surface area contributed by atoms with E-state index in [1.54, 1.807) is 18.2 Å². The summed E-state index contributed by atoms with van der Waals surface area (Å²) in [5.41, 5.74) is 6.52. The second kappa shape index (κ2) is 12.2. The van der Waals surface area contributed by atoms with E-state index in [4.69, 9.17) is 5.73 Å². The van der Waals surface area contributed by atoms with Crippen molar-refractivity contribution in [2.24, 2.45) is 18.7 Å². The first-order valence-corrected chi connectivity index (χ1v) is 16.3. The quantitative estimate of drug-likeness (QED) is 0.182. The molecule has 0 radical (unpaired) electrons. The van der Waals surface area contributed by atoms with Crippen molar-refractivity contribution in [3.63, 3.8) is 0 Å². The summed E-state index contributed by atoms with van der Waals surface area (Å²) in [6, 6.07) is 11.7. The normalized spacial score (nSPS) is 21.9. The summed E-state index contributed by atoms with van der Waals surface area (Å²) in [5, 5.41) is 10.8. The SMILES string of the molecule is Cc1nc2cc(S(=O)(=O)N(C)c3ccc([C@H]4C[C@@H](N)C[C@@H](C(=O)Nc5ccc(C(F)(F)F)cc5F)[C@@]4(P)C(=O)O)cc3)ccc2n1C. The van der Waals surface area contributed by atoms with E-state index in [0.717, 1.165) is 21.7 Å². The average Bonchev–Trinajstić information content (AvgIpc) is 3.30. The number of aromatic nitrogens is 2. The van der Waals surface area contributed by atoms with Crippen molar-refractivity contribution in [1.29, 1.82) is 0 Å². The number of amides is 1. The summed E-state index contributed by atoms with van der Waals surface area (Å²) in [6.45, 7) is 1.81. The van der Waals surface area contributed by atoms with Gasteiger partial charge in [-0.15, -0.1) is 9.24 Å². The second-order valence-electron chi connectivity index (χ2n) is 11.7. The molecule has 0 saturated heterocycles. The number of fused-ring (bicyclic) bond motifs is 1. The lowest BCUT2D eigenvalue weighted by Gasteiger charge is -2.45. The van der Waals surface area contributed by atoms with Crippen LogP contribution in [0.25, 0.3) is 11.0 Å². The summed E-state index contributed by atoms with van der Waals surface area (Å²) in [4.78, 5) is 30.7. The fourth-order valence-corrected chi connectivity index (χ4v) is 7.89. The molecule has 250 valence electrons. The molecule has 1 heterocycles. The van der Waals surface area contributed by atoms with Crippen molar-refractivity contribution < 1.29 is 40.7 Å². The van der Waals surface area contributed by atoms with Crippen LogP contribution in [0.5, 0.6) is 0 Å². The minimum Gasteiger partial charge on any atom is -0.481 e. The number of sulfonamides is 1. The Bertz CT molecular complexity index is 1990. The Morgan fingerprint density at radius 2 is 1.77 bits per heavy atom.